The minimum atomic E-state index is -0.257. The van der Waals surface area contributed by atoms with Gasteiger partial charge in [-0.25, -0.2) is 9.36 Å². The van der Waals surface area contributed by atoms with Crippen LogP contribution in [-0.2, 0) is 11.3 Å². The molecule has 0 unspecified atom stereocenters. The molecule has 3 heterocycles. The first-order valence-corrected chi connectivity index (χ1v) is 10.4. The molecule has 150 valence electrons. The van der Waals surface area contributed by atoms with Gasteiger partial charge in [0.25, 0.3) is 5.56 Å². The number of nitrogens with zero attached hydrogens (tertiary/aromatic N) is 5. The standard InChI is InChI=1S/C22H25N5O2/c1-14-5-8-17(11-15(14)2)27-21-18(12-23-27)20(16-6-7-16)24-26(22(21)29)13-19(28)25-9-3-4-10-25/h5,8,11-12,16H,3-4,6-7,9-10,13H2,1-2H3. The van der Waals surface area contributed by atoms with Crippen LogP contribution >= 0.6 is 0 Å². The first-order valence-electron chi connectivity index (χ1n) is 10.4. The van der Waals surface area contributed by atoms with Crippen molar-refractivity contribution in [1.82, 2.24) is 24.5 Å². The lowest BCUT2D eigenvalue weighted by Gasteiger charge is -2.16. The average Bonchev–Trinajstić information content (AvgIpc) is 3.22. The first kappa shape index (κ1) is 18.1. The third-order valence-electron chi connectivity index (χ3n) is 6.15. The second-order valence-corrected chi connectivity index (χ2v) is 8.30. The lowest BCUT2D eigenvalue weighted by molar-refractivity contribution is -0.131. The topological polar surface area (TPSA) is 73.0 Å². The van der Waals surface area contributed by atoms with Crippen LogP contribution in [0.25, 0.3) is 16.6 Å². The Hall–Kier alpha value is -2.96. The number of aryl methyl sites for hydroxylation is 2. The van der Waals surface area contributed by atoms with Crippen molar-refractivity contribution in [3.63, 3.8) is 0 Å². The monoisotopic (exact) mass is 391 g/mol. The third-order valence-corrected chi connectivity index (χ3v) is 6.15. The van der Waals surface area contributed by atoms with Gasteiger partial charge in [0.15, 0.2) is 0 Å². The highest BCUT2D eigenvalue weighted by Gasteiger charge is 2.31. The van der Waals surface area contributed by atoms with Crippen LogP contribution in [-0.4, -0.2) is 43.5 Å². The summed E-state index contributed by atoms with van der Waals surface area (Å²) in [6.07, 6.45) is 5.93. The number of carbonyl (C=O) groups is 1. The van der Waals surface area contributed by atoms with Crippen molar-refractivity contribution < 1.29 is 4.79 Å². The van der Waals surface area contributed by atoms with E-state index in [1.165, 1.54) is 10.2 Å². The third kappa shape index (κ3) is 3.14. The smallest absolute Gasteiger partial charge is 0.293 e. The van der Waals surface area contributed by atoms with Crippen LogP contribution in [0.4, 0.5) is 0 Å². The highest BCUT2D eigenvalue weighted by Crippen LogP contribution is 2.41. The van der Waals surface area contributed by atoms with Crippen molar-refractivity contribution in [3.8, 4) is 5.69 Å². The van der Waals surface area contributed by atoms with Crippen molar-refractivity contribution in [2.45, 2.75) is 52.0 Å². The Labute approximate surface area is 168 Å². The minimum absolute atomic E-state index is 0.00734. The maximum absolute atomic E-state index is 13.4. The van der Waals surface area contributed by atoms with E-state index in [0.29, 0.717) is 11.4 Å². The van der Waals surface area contributed by atoms with Gasteiger partial charge in [-0.1, -0.05) is 6.07 Å². The molecule has 2 fully saturated rings. The molecular formula is C22H25N5O2. The molecule has 5 rings (SSSR count). The number of fused-ring (bicyclic) bond motifs is 1. The number of aromatic nitrogens is 4. The fraction of sp³-hybridized carbons (Fsp3) is 0.455. The van der Waals surface area contributed by atoms with Crippen LogP contribution in [0.5, 0.6) is 0 Å². The van der Waals surface area contributed by atoms with Gasteiger partial charge in [0.05, 0.1) is 17.6 Å². The maximum Gasteiger partial charge on any atom is 0.293 e. The fourth-order valence-corrected chi connectivity index (χ4v) is 4.11. The Morgan fingerprint density at radius 1 is 1.14 bits per heavy atom. The summed E-state index contributed by atoms with van der Waals surface area (Å²) in [5.74, 6) is 0.319. The van der Waals surface area contributed by atoms with E-state index in [2.05, 4.69) is 24.0 Å². The summed E-state index contributed by atoms with van der Waals surface area (Å²) < 4.78 is 3.06. The van der Waals surface area contributed by atoms with Crippen LogP contribution in [0, 0.1) is 13.8 Å². The van der Waals surface area contributed by atoms with Crippen LogP contribution in [0.3, 0.4) is 0 Å². The maximum atomic E-state index is 13.4. The Morgan fingerprint density at radius 2 is 1.90 bits per heavy atom. The van der Waals surface area contributed by atoms with Crippen LogP contribution in [0.15, 0.2) is 29.2 Å². The molecule has 2 aromatic heterocycles. The van der Waals surface area contributed by atoms with Crippen molar-refractivity contribution in [2.24, 2.45) is 0 Å². The van der Waals surface area contributed by atoms with Gasteiger partial charge in [-0.15, -0.1) is 0 Å². The molecule has 1 saturated heterocycles. The normalized spacial score (nSPS) is 16.7. The van der Waals surface area contributed by atoms with E-state index in [0.717, 1.165) is 61.1 Å². The molecule has 1 aliphatic carbocycles. The number of likely N-dealkylation sites (tertiary alicyclic amines) is 1. The van der Waals surface area contributed by atoms with Gasteiger partial charge < -0.3 is 4.90 Å². The molecule has 0 atom stereocenters. The van der Waals surface area contributed by atoms with Crippen molar-refractivity contribution in [1.29, 1.82) is 0 Å². The SMILES string of the molecule is Cc1ccc(-n2ncc3c(C4CC4)nn(CC(=O)N4CCCC4)c(=O)c32)cc1C. The van der Waals surface area contributed by atoms with Crippen molar-refractivity contribution in [3.05, 3.63) is 51.6 Å². The van der Waals surface area contributed by atoms with Gasteiger partial charge in [-0.05, 0) is 62.8 Å². The van der Waals surface area contributed by atoms with Gasteiger partial charge in [-0.2, -0.15) is 10.2 Å². The number of hydrogen-bond donors (Lipinski definition) is 0. The Morgan fingerprint density at radius 3 is 2.59 bits per heavy atom. The molecular weight excluding hydrogens is 366 g/mol. The molecule has 2 aliphatic rings. The fourth-order valence-electron chi connectivity index (χ4n) is 4.11. The molecule has 1 aromatic carbocycles. The zero-order valence-electron chi connectivity index (χ0n) is 16.9. The van der Waals surface area contributed by atoms with E-state index in [-0.39, 0.29) is 18.0 Å². The molecule has 0 bridgehead atoms. The van der Waals surface area contributed by atoms with E-state index in [9.17, 15) is 9.59 Å². The molecule has 3 aromatic rings. The van der Waals surface area contributed by atoms with Gasteiger partial charge in [0.1, 0.15) is 12.1 Å². The number of carbonyl (C=O) groups excluding carboxylic acids is 1. The minimum Gasteiger partial charge on any atom is -0.341 e. The molecule has 0 spiro atoms. The average molecular weight is 391 g/mol. The molecule has 1 aliphatic heterocycles. The highest BCUT2D eigenvalue weighted by molar-refractivity contribution is 5.83. The Bertz CT molecular complexity index is 1170. The summed E-state index contributed by atoms with van der Waals surface area (Å²) in [6.45, 7) is 5.64. The molecule has 29 heavy (non-hydrogen) atoms. The lowest BCUT2D eigenvalue weighted by Crippen LogP contribution is -2.36. The van der Waals surface area contributed by atoms with E-state index in [1.54, 1.807) is 10.9 Å². The van der Waals surface area contributed by atoms with Crippen molar-refractivity contribution in [2.75, 3.05) is 13.1 Å². The van der Waals surface area contributed by atoms with Crippen LogP contribution in [0.2, 0.25) is 0 Å². The summed E-state index contributed by atoms with van der Waals surface area (Å²) in [7, 11) is 0. The van der Waals surface area contributed by atoms with Gasteiger partial charge in [0.2, 0.25) is 5.91 Å². The van der Waals surface area contributed by atoms with Gasteiger partial charge in [-0.3, -0.25) is 9.59 Å². The Balaban J connectivity index is 1.64. The van der Waals surface area contributed by atoms with Crippen LogP contribution < -0.4 is 5.56 Å². The molecule has 1 saturated carbocycles. The highest BCUT2D eigenvalue weighted by atomic mass is 16.2. The molecule has 0 radical (unpaired) electrons. The summed E-state index contributed by atoms with van der Waals surface area (Å²) in [5.41, 5.74) is 4.34. The van der Waals surface area contributed by atoms with E-state index >= 15 is 0 Å². The largest absolute Gasteiger partial charge is 0.341 e. The van der Waals surface area contributed by atoms with E-state index < -0.39 is 0 Å². The second kappa shape index (κ2) is 6.83. The van der Waals surface area contributed by atoms with Crippen LogP contribution in [0.1, 0.15) is 48.4 Å². The predicted octanol–water partition coefficient (Wildman–Crippen LogP) is 2.70. The van der Waals surface area contributed by atoms with E-state index in [1.807, 2.05) is 23.1 Å². The lowest BCUT2D eigenvalue weighted by atomic mass is 10.1. The summed E-state index contributed by atoms with van der Waals surface area (Å²) in [6, 6.07) is 6.06. The van der Waals surface area contributed by atoms with Gasteiger partial charge in [0, 0.05) is 24.4 Å². The quantitative estimate of drug-likeness (QED) is 0.685. The number of hydrogen-bond acceptors (Lipinski definition) is 4. The molecule has 1 amide bonds. The van der Waals surface area contributed by atoms with Crippen molar-refractivity contribution >= 4 is 16.8 Å². The molecule has 7 heteroatoms. The zero-order chi connectivity index (χ0) is 20.1. The van der Waals surface area contributed by atoms with E-state index in [4.69, 9.17) is 0 Å². The first-order chi connectivity index (χ1) is 14.0. The Kier molecular flexibility index (Phi) is 4.26. The zero-order valence-corrected chi connectivity index (χ0v) is 16.9. The summed E-state index contributed by atoms with van der Waals surface area (Å²) in [5, 5.41) is 9.96. The summed E-state index contributed by atoms with van der Waals surface area (Å²) >= 11 is 0. The van der Waals surface area contributed by atoms with Gasteiger partial charge >= 0.3 is 0 Å². The predicted molar refractivity (Wildman–Crippen MR) is 110 cm³/mol. The molecule has 7 nitrogen and oxygen atoms in total. The molecule has 0 N–H and O–H groups in total. The second-order valence-electron chi connectivity index (χ2n) is 8.30. The number of benzene rings is 1. The number of amides is 1. The number of rotatable bonds is 4. The summed E-state index contributed by atoms with van der Waals surface area (Å²) in [4.78, 5) is 27.9.